The Bertz CT molecular complexity index is 802. The van der Waals surface area contributed by atoms with Crippen molar-refractivity contribution in [3.05, 3.63) is 34.4 Å². The van der Waals surface area contributed by atoms with Crippen molar-refractivity contribution in [2.75, 3.05) is 13.7 Å². The lowest BCUT2D eigenvalue weighted by Gasteiger charge is -2.46. The lowest BCUT2D eigenvalue weighted by molar-refractivity contribution is -0.384. The van der Waals surface area contributed by atoms with Crippen molar-refractivity contribution in [3.63, 3.8) is 0 Å². The van der Waals surface area contributed by atoms with Crippen LogP contribution in [-0.2, 0) is 19.1 Å². The molecule has 13 nitrogen and oxygen atoms in total. The Hall–Kier alpha value is -2.84. The van der Waals surface area contributed by atoms with Gasteiger partial charge in [0.05, 0.1) is 37.2 Å². The number of non-ortho nitro benzene ring substituents is 1. The first-order chi connectivity index (χ1) is 14.5. The third kappa shape index (κ3) is 5.45. The molecule has 13 heteroatoms. The number of nitrogens with zero attached hydrogens (tertiary/aromatic N) is 1. The first-order valence-corrected chi connectivity index (χ1v) is 9.16. The van der Waals surface area contributed by atoms with E-state index in [0.29, 0.717) is 0 Å². The summed E-state index contributed by atoms with van der Waals surface area (Å²) in [5.74, 6) is -4.09. The SMILES string of the molecule is COC(=O)[C@@]1(Oc2ccc([N+](=O)[O-])cc2)CC(O)[C@@H](NC(C)=O)C([C@H](O)[C@H](O)CO)O1. The van der Waals surface area contributed by atoms with E-state index in [1.54, 1.807) is 0 Å². The Morgan fingerprint density at radius 1 is 1.35 bits per heavy atom. The number of nitrogens with one attached hydrogen (secondary N) is 1. The second kappa shape index (κ2) is 9.98. The molecule has 1 heterocycles. The van der Waals surface area contributed by atoms with Crippen LogP contribution in [0.5, 0.6) is 5.75 Å². The summed E-state index contributed by atoms with van der Waals surface area (Å²) in [6.45, 7) is 0.270. The summed E-state index contributed by atoms with van der Waals surface area (Å²) >= 11 is 0. The zero-order valence-corrected chi connectivity index (χ0v) is 16.7. The van der Waals surface area contributed by atoms with E-state index in [9.17, 15) is 35.0 Å². The van der Waals surface area contributed by atoms with Crippen LogP contribution in [-0.4, -0.2) is 87.2 Å². The maximum Gasteiger partial charge on any atom is 0.379 e. The molecule has 31 heavy (non-hydrogen) atoms. The number of esters is 1. The monoisotopic (exact) mass is 444 g/mol. The summed E-state index contributed by atoms with van der Waals surface area (Å²) in [5, 5.41) is 53.3. The van der Waals surface area contributed by atoms with Crippen LogP contribution < -0.4 is 10.1 Å². The number of methoxy groups -OCH3 is 1. The molecule has 0 aromatic heterocycles. The summed E-state index contributed by atoms with van der Waals surface area (Å²) in [6, 6.07) is 3.33. The predicted molar refractivity (Wildman–Crippen MR) is 101 cm³/mol. The number of aliphatic hydroxyl groups is 4. The third-order valence-electron chi connectivity index (χ3n) is 4.69. The first kappa shape index (κ1) is 24.4. The molecule has 1 aliphatic rings. The number of benzene rings is 1. The number of ether oxygens (including phenoxy) is 3. The van der Waals surface area contributed by atoms with Crippen molar-refractivity contribution in [3.8, 4) is 5.75 Å². The van der Waals surface area contributed by atoms with Crippen LogP contribution in [0, 0.1) is 10.1 Å². The lowest BCUT2D eigenvalue weighted by Crippen LogP contribution is -2.68. The van der Waals surface area contributed by atoms with E-state index in [1.165, 1.54) is 12.1 Å². The smallest absolute Gasteiger partial charge is 0.379 e. The number of aliphatic hydroxyl groups excluding tert-OH is 4. The van der Waals surface area contributed by atoms with E-state index < -0.39 is 66.1 Å². The Balaban J connectivity index is 2.44. The zero-order valence-electron chi connectivity index (χ0n) is 16.7. The maximum absolute atomic E-state index is 12.6. The van der Waals surface area contributed by atoms with Gasteiger partial charge in [-0.2, -0.15) is 0 Å². The van der Waals surface area contributed by atoms with Gasteiger partial charge in [0.1, 0.15) is 24.1 Å². The molecule has 0 saturated carbocycles. The molecule has 1 aromatic rings. The number of nitro groups is 1. The lowest BCUT2D eigenvalue weighted by atomic mass is 9.88. The summed E-state index contributed by atoms with van der Waals surface area (Å²) < 4.78 is 16.0. The van der Waals surface area contributed by atoms with Crippen LogP contribution in [0.15, 0.2) is 24.3 Å². The molecular weight excluding hydrogens is 420 g/mol. The topological polar surface area (TPSA) is 198 Å². The van der Waals surface area contributed by atoms with Crippen molar-refractivity contribution < 1.29 is 49.1 Å². The van der Waals surface area contributed by atoms with Crippen molar-refractivity contribution in [1.82, 2.24) is 5.32 Å². The molecule has 2 rings (SSSR count). The normalized spacial score (nSPS) is 27.6. The van der Waals surface area contributed by atoms with Crippen LogP contribution >= 0.6 is 0 Å². The van der Waals surface area contributed by atoms with Crippen LogP contribution in [0.3, 0.4) is 0 Å². The molecule has 0 radical (unpaired) electrons. The van der Waals surface area contributed by atoms with Crippen LogP contribution in [0.4, 0.5) is 5.69 Å². The van der Waals surface area contributed by atoms with Gasteiger partial charge >= 0.3 is 11.8 Å². The first-order valence-electron chi connectivity index (χ1n) is 9.16. The number of hydrogen-bond donors (Lipinski definition) is 5. The van der Waals surface area contributed by atoms with Gasteiger partial charge in [0.2, 0.25) is 5.91 Å². The molecule has 5 N–H and O–H groups in total. The molecule has 0 aliphatic carbocycles. The number of amides is 1. The second-order valence-corrected chi connectivity index (χ2v) is 6.92. The quantitative estimate of drug-likeness (QED) is 0.172. The van der Waals surface area contributed by atoms with E-state index in [-0.39, 0.29) is 11.4 Å². The number of carbonyl (C=O) groups is 2. The molecule has 0 spiro atoms. The van der Waals surface area contributed by atoms with Gasteiger partial charge in [0.25, 0.3) is 5.69 Å². The Morgan fingerprint density at radius 3 is 2.45 bits per heavy atom. The third-order valence-corrected chi connectivity index (χ3v) is 4.69. The van der Waals surface area contributed by atoms with Crippen molar-refractivity contribution in [2.24, 2.45) is 0 Å². The number of carbonyl (C=O) groups excluding carboxylic acids is 2. The molecular formula is C18H24N2O11. The summed E-state index contributed by atoms with van der Waals surface area (Å²) in [5.41, 5.74) is -0.242. The van der Waals surface area contributed by atoms with Gasteiger partial charge in [-0.25, -0.2) is 4.79 Å². The minimum absolute atomic E-state index is 0.0582. The average Bonchev–Trinajstić information content (AvgIpc) is 2.73. The van der Waals surface area contributed by atoms with Gasteiger partial charge < -0.3 is 40.0 Å². The van der Waals surface area contributed by atoms with Crippen molar-refractivity contribution >= 4 is 17.6 Å². The molecule has 1 saturated heterocycles. The van der Waals surface area contributed by atoms with E-state index >= 15 is 0 Å². The highest BCUT2D eigenvalue weighted by molar-refractivity contribution is 5.79. The molecule has 1 aliphatic heterocycles. The van der Waals surface area contributed by atoms with Gasteiger partial charge in [0.15, 0.2) is 0 Å². The van der Waals surface area contributed by atoms with Crippen LogP contribution in [0.2, 0.25) is 0 Å². The van der Waals surface area contributed by atoms with Gasteiger partial charge in [-0.3, -0.25) is 14.9 Å². The van der Waals surface area contributed by atoms with Crippen molar-refractivity contribution in [2.45, 2.75) is 49.6 Å². The molecule has 1 fully saturated rings. The van der Waals surface area contributed by atoms with E-state index in [0.717, 1.165) is 26.2 Å². The number of nitro benzene ring substituents is 1. The summed E-state index contributed by atoms with van der Waals surface area (Å²) in [4.78, 5) is 34.3. The zero-order chi connectivity index (χ0) is 23.3. The molecule has 6 atom stereocenters. The Labute approximate surface area is 176 Å². The van der Waals surface area contributed by atoms with Gasteiger partial charge in [0, 0.05) is 19.1 Å². The fraction of sp³-hybridized carbons (Fsp3) is 0.556. The second-order valence-electron chi connectivity index (χ2n) is 6.92. The maximum atomic E-state index is 12.6. The van der Waals surface area contributed by atoms with Crippen LogP contribution in [0.25, 0.3) is 0 Å². The summed E-state index contributed by atoms with van der Waals surface area (Å²) in [7, 11) is 1.02. The van der Waals surface area contributed by atoms with Gasteiger partial charge in [-0.1, -0.05) is 0 Å². The number of rotatable bonds is 8. The highest BCUT2D eigenvalue weighted by atomic mass is 16.7. The molecule has 0 bridgehead atoms. The largest absolute Gasteiger partial charge is 0.464 e. The van der Waals surface area contributed by atoms with Crippen molar-refractivity contribution in [1.29, 1.82) is 0 Å². The van der Waals surface area contributed by atoms with E-state index in [1.807, 2.05) is 0 Å². The fourth-order valence-corrected chi connectivity index (χ4v) is 3.21. The molecule has 172 valence electrons. The minimum atomic E-state index is -2.33. The Morgan fingerprint density at radius 2 is 1.97 bits per heavy atom. The standard InChI is InChI=1S/C18H24N2O11/c1-9(22)19-14-12(23)7-18(17(26)29-2,31-16(14)15(25)13(24)8-21)30-11-5-3-10(4-6-11)20(27)28/h3-6,12-16,21,23-25H,7-8H2,1-2H3,(H,19,22)/t12?,13-,14-,15-,16?,18-/m1/s1. The molecule has 2 unspecified atom stereocenters. The van der Waals surface area contributed by atoms with E-state index in [2.05, 4.69) is 5.32 Å². The summed E-state index contributed by atoms with van der Waals surface area (Å²) in [6.07, 6.45) is -7.25. The average molecular weight is 444 g/mol. The number of hydrogen-bond acceptors (Lipinski definition) is 11. The molecule has 1 amide bonds. The minimum Gasteiger partial charge on any atom is -0.464 e. The van der Waals surface area contributed by atoms with Gasteiger partial charge in [-0.15, -0.1) is 0 Å². The van der Waals surface area contributed by atoms with Crippen LogP contribution in [0.1, 0.15) is 13.3 Å². The molecule has 1 aromatic carbocycles. The predicted octanol–water partition coefficient (Wildman–Crippen LogP) is -1.79. The van der Waals surface area contributed by atoms with E-state index in [4.69, 9.17) is 19.3 Å². The Kier molecular flexibility index (Phi) is 7.86. The highest BCUT2D eigenvalue weighted by Crippen LogP contribution is 2.35. The highest BCUT2D eigenvalue weighted by Gasteiger charge is 2.57. The fourth-order valence-electron chi connectivity index (χ4n) is 3.21. The van der Waals surface area contributed by atoms with Gasteiger partial charge in [-0.05, 0) is 12.1 Å².